The summed E-state index contributed by atoms with van der Waals surface area (Å²) in [5, 5.41) is 12.6. The number of alkyl carbamates (subject to hydrolysis) is 2. The zero-order chi connectivity index (χ0) is 43.5. The van der Waals surface area contributed by atoms with Gasteiger partial charge in [-0.2, -0.15) is 0 Å². The fraction of sp³-hybridized carbons (Fsp3) is 0.932. The average molecular weight is 798 g/mol. The van der Waals surface area contributed by atoms with Crippen molar-refractivity contribution in [1.29, 1.82) is 0 Å². The van der Waals surface area contributed by atoms with Crippen LogP contribution in [-0.2, 0) is 14.3 Å². The molecule has 2 unspecified atom stereocenters. The normalized spacial score (nSPS) is 14.3. The lowest BCUT2D eigenvalue weighted by Gasteiger charge is -2.33. The Balaban J connectivity index is 5.79. The number of nitrogens with zero attached hydrogens (tertiary/aromatic N) is 3. The van der Waals surface area contributed by atoms with Crippen molar-refractivity contribution in [3.05, 3.63) is 0 Å². The molecule has 12 nitrogen and oxygen atoms in total. The van der Waals surface area contributed by atoms with E-state index in [0.717, 1.165) is 51.9 Å². The number of ether oxygens (including phenoxy) is 2. The van der Waals surface area contributed by atoms with Gasteiger partial charge in [-0.25, -0.2) is 9.59 Å². The van der Waals surface area contributed by atoms with Crippen LogP contribution in [0.3, 0.4) is 0 Å². The third-order valence-corrected chi connectivity index (χ3v) is 8.55. The Labute approximate surface area is 345 Å². The molecule has 0 heterocycles. The molecule has 0 spiro atoms. The lowest BCUT2D eigenvalue weighted by Crippen LogP contribution is -2.52. The highest BCUT2D eigenvalue weighted by atomic mass is 16.6. The monoisotopic (exact) mass is 798 g/mol. The second-order valence-corrected chi connectivity index (χ2v) is 22.7. The summed E-state index contributed by atoms with van der Waals surface area (Å²) in [7, 11) is 6.20. The van der Waals surface area contributed by atoms with Crippen LogP contribution >= 0.6 is 0 Å². The molecule has 0 aromatic carbocycles. The summed E-state index contributed by atoms with van der Waals surface area (Å²) in [6.07, 6.45) is 3.07. The summed E-state index contributed by atoms with van der Waals surface area (Å²) in [6, 6.07) is -1.10. The zero-order valence-electron chi connectivity index (χ0n) is 39.7. The first-order chi connectivity index (χ1) is 25.3. The van der Waals surface area contributed by atoms with Gasteiger partial charge in [0.25, 0.3) is 0 Å². The number of carbonyl (C=O) groups excluding carboxylic acids is 3. The summed E-state index contributed by atoms with van der Waals surface area (Å²) in [5.74, 6) is -0.155. The van der Waals surface area contributed by atoms with Gasteiger partial charge >= 0.3 is 12.2 Å². The Hall–Kier alpha value is -2.15. The molecule has 0 radical (unpaired) electrons. The first kappa shape index (κ1) is 53.9. The van der Waals surface area contributed by atoms with E-state index in [2.05, 4.69) is 161 Å². The molecule has 0 rings (SSSR count). The van der Waals surface area contributed by atoms with Crippen LogP contribution in [0.5, 0.6) is 0 Å². The van der Waals surface area contributed by atoms with E-state index in [-0.39, 0.29) is 58.3 Å². The number of hydrogen-bond acceptors (Lipinski definition) is 9. The Bertz CT molecular complexity index is 1090. The van der Waals surface area contributed by atoms with Gasteiger partial charge in [0, 0.05) is 58.8 Å². The Morgan fingerprint density at radius 1 is 0.500 bits per heavy atom. The molecule has 2 atom stereocenters. The molecule has 0 aromatic heterocycles. The molecule has 0 aliphatic carbocycles. The van der Waals surface area contributed by atoms with Crippen LogP contribution in [0.1, 0.15) is 136 Å². The smallest absolute Gasteiger partial charge is 0.407 e. The number of rotatable bonds is 24. The molecule has 0 aromatic rings. The second-order valence-electron chi connectivity index (χ2n) is 22.7. The molecule has 56 heavy (non-hydrogen) atoms. The summed E-state index contributed by atoms with van der Waals surface area (Å²) >= 11 is 0. The van der Waals surface area contributed by atoms with Crippen molar-refractivity contribution < 1.29 is 23.9 Å². The molecule has 0 saturated carbocycles. The van der Waals surface area contributed by atoms with Crippen LogP contribution in [0, 0.1) is 27.1 Å². The fourth-order valence-corrected chi connectivity index (χ4v) is 7.00. The predicted molar refractivity (Wildman–Crippen MR) is 234 cm³/mol. The maximum atomic E-state index is 13.3. The molecule has 3 amide bonds. The first-order valence-corrected chi connectivity index (χ1v) is 21.2. The second kappa shape index (κ2) is 24.7. The minimum Gasteiger partial charge on any atom is -0.447 e. The van der Waals surface area contributed by atoms with Crippen molar-refractivity contribution in [3.63, 3.8) is 0 Å². The topological polar surface area (TPSA) is 128 Å². The van der Waals surface area contributed by atoms with Crippen LogP contribution in [0.15, 0.2) is 0 Å². The maximum Gasteiger partial charge on any atom is 0.407 e. The molecule has 12 heteroatoms. The van der Waals surface area contributed by atoms with E-state index in [1.165, 1.54) is 0 Å². The van der Waals surface area contributed by atoms with Crippen LogP contribution in [0.25, 0.3) is 0 Å². The number of unbranched alkanes of at least 4 members (excludes halogenated alkanes) is 2. The van der Waals surface area contributed by atoms with E-state index >= 15 is 0 Å². The number of carbonyl (C=O) groups is 3. The molecule has 0 saturated heterocycles. The first-order valence-electron chi connectivity index (χ1n) is 21.2. The van der Waals surface area contributed by atoms with E-state index < -0.39 is 18.2 Å². The fourth-order valence-electron chi connectivity index (χ4n) is 7.00. The minimum atomic E-state index is -0.708. The SMILES string of the molecule is CN(CC(CNCC(C)(C)C)NC(=O)OCC(COC(=O)NC(CN(C)CC(C)(C)C)CN(C)CC(C)(C)C)NC(=O)CCCCCC(C)(C)C)CC(C)(C)C. The van der Waals surface area contributed by atoms with E-state index in [1.54, 1.807) is 0 Å². The van der Waals surface area contributed by atoms with Crippen LogP contribution in [-0.4, -0.2) is 138 Å². The quantitative estimate of drug-likeness (QED) is 0.0749. The van der Waals surface area contributed by atoms with Gasteiger partial charge in [0.2, 0.25) is 5.91 Å². The maximum absolute atomic E-state index is 13.3. The van der Waals surface area contributed by atoms with Crippen molar-refractivity contribution in [2.24, 2.45) is 27.1 Å². The van der Waals surface area contributed by atoms with Gasteiger partial charge < -0.3 is 45.4 Å². The highest BCUT2D eigenvalue weighted by Gasteiger charge is 2.25. The van der Waals surface area contributed by atoms with Crippen molar-refractivity contribution in [2.75, 3.05) is 86.7 Å². The molecule has 0 aliphatic heterocycles. The van der Waals surface area contributed by atoms with Gasteiger partial charge in [0.15, 0.2) is 0 Å². The van der Waals surface area contributed by atoms with Crippen molar-refractivity contribution in [1.82, 2.24) is 36.0 Å². The lowest BCUT2D eigenvalue weighted by atomic mass is 9.89. The van der Waals surface area contributed by atoms with E-state index in [0.29, 0.717) is 32.6 Å². The van der Waals surface area contributed by atoms with Gasteiger partial charge in [0.1, 0.15) is 13.2 Å². The predicted octanol–water partition coefficient (Wildman–Crippen LogP) is 7.23. The van der Waals surface area contributed by atoms with E-state index in [4.69, 9.17) is 9.47 Å². The number of likely N-dealkylation sites (N-methyl/N-ethyl adjacent to an activating group) is 3. The van der Waals surface area contributed by atoms with Gasteiger partial charge in [0.05, 0.1) is 18.1 Å². The van der Waals surface area contributed by atoms with Gasteiger partial charge in [-0.15, -0.1) is 0 Å². The Kier molecular flexibility index (Phi) is 23.7. The molecule has 4 N–H and O–H groups in total. The summed E-state index contributed by atoms with van der Waals surface area (Å²) in [4.78, 5) is 46.4. The van der Waals surface area contributed by atoms with Crippen molar-refractivity contribution >= 4 is 18.1 Å². The third-order valence-electron chi connectivity index (χ3n) is 8.55. The van der Waals surface area contributed by atoms with Crippen LogP contribution < -0.4 is 21.3 Å². The molecule has 0 aliphatic rings. The lowest BCUT2D eigenvalue weighted by molar-refractivity contribution is -0.122. The summed E-state index contributed by atoms with van der Waals surface area (Å²) < 4.78 is 11.5. The van der Waals surface area contributed by atoms with E-state index in [9.17, 15) is 14.4 Å². The molecule has 0 bridgehead atoms. The van der Waals surface area contributed by atoms with Crippen molar-refractivity contribution in [2.45, 2.75) is 154 Å². The van der Waals surface area contributed by atoms with E-state index in [1.807, 2.05) is 0 Å². The molecule has 332 valence electrons. The Morgan fingerprint density at radius 2 is 0.911 bits per heavy atom. The number of nitrogens with one attached hydrogen (secondary N) is 4. The Morgan fingerprint density at radius 3 is 1.30 bits per heavy atom. The van der Waals surface area contributed by atoms with Crippen molar-refractivity contribution in [3.8, 4) is 0 Å². The van der Waals surface area contributed by atoms with Gasteiger partial charge in [-0.05, 0) is 61.1 Å². The number of amides is 3. The molecular weight excluding hydrogens is 707 g/mol. The molecule has 0 fully saturated rings. The van der Waals surface area contributed by atoms with Crippen LogP contribution in [0.4, 0.5) is 9.59 Å². The third kappa shape index (κ3) is 33.9. The summed E-state index contributed by atoms with van der Waals surface area (Å²) in [5.41, 5.74) is 0.667. The largest absolute Gasteiger partial charge is 0.447 e. The summed E-state index contributed by atoms with van der Waals surface area (Å²) in [6.45, 7) is 38.6. The zero-order valence-corrected chi connectivity index (χ0v) is 39.7. The average Bonchev–Trinajstić information content (AvgIpc) is 2.93. The van der Waals surface area contributed by atoms with Gasteiger partial charge in [-0.3, -0.25) is 4.79 Å². The minimum absolute atomic E-state index is 0.0946. The standard InChI is InChI=1S/C44H91N7O5/c1-40(2,3)23-21-19-20-22-37(52)46-36(28-55-38(53)47-34(24-45-30-41(4,5)6)25-49(16)31-42(7,8)9)29-56-39(54)48-35(26-50(17)32-43(10,11)12)27-51(18)33-44(13,14)15/h34-36,45H,19-33H2,1-18H3,(H,46,52)(H,47,53)(H,48,54). The van der Waals surface area contributed by atoms with Gasteiger partial charge in [-0.1, -0.05) is 117 Å². The highest BCUT2D eigenvalue weighted by Crippen LogP contribution is 2.22. The molecular formula is C44H91N7O5. The number of hydrogen-bond donors (Lipinski definition) is 4. The van der Waals surface area contributed by atoms with Crippen LogP contribution in [0.2, 0.25) is 0 Å². The highest BCUT2D eigenvalue weighted by molar-refractivity contribution is 5.76.